The van der Waals surface area contributed by atoms with E-state index >= 15 is 0 Å². The van der Waals surface area contributed by atoms with Crippen molar-refractivity contribution in [3.05, 3.63) is 11.6 Å². The minimum Gasteiger partial charge on any atom is -0.481 e. The molecule has 108 valence electrons. The van der Waals surface area contributed by atoms with E-state index in [1.165, 1.54) is 0 Å². The lowest BCUT2D eigenvalue weighted by Gasteiger charge is -2.55. The molecule has 4 atom stereocenters. The normalized spacial score (nSPS) is 42.4. The molecule has 0 spiro atoms. The summed E-state index contributed by atoms with van der Waals surface area (Å²) in [6.07, 6.45) is 5.11. The molecule has 4 unspecified atom stereocenters. The second-order valence-electron chi connectivity index (χ2n) is 6.54. The van der Waals surface area contributed by atoms with Crippen LogP contribution in [0.25, 0.3) is 0 Å². The molecule has 2 aliphatic rings. The lowest BCUT2D eigenvalue weighted by molar-refractivity contribution is -0.163. The third-order valence-corrected chi connectivity index (χ3v) is 5.69. The summed E-state index contributed by atoms with van der Waals surface area (Å²) in [6.45, 7) is 3.86. The van der Waals surface area contributed by atoms with Gasteiger partial charge in [0.25, 0.3) is 0 Å². The van der Waals surface area contributed by atoms with Gasteiger partial charge in [0.05, 0.1) is 18.6 Å². The molecule has 0 radical (unpaired) electrons. The van der Waals surface area contributed by atoms with Crippen molar-refractivity contribution in [3.63, 3.8) is 0 Å². The van der Waals surface area contributed by atoms with Crippen LogP contribution >= 0.6 is 0 Å². The second kappa shape index (κ2) is 4.91. The van der Waals surface area contributed by atoms with Gasteiger partial charge >= 0.3 is 5.97 Å². The van der Waals surface area contributed by atoms with Crippen molar-refractivity contribution in [1.29, 1.82) is 0 Å². The third kappa shape index (κ3) is 2.01. The zero-order valence-electron chi connectivity index (χ0n) is 11.7. The van der Waals surface area contributed by atoms with Crippen LogP contribution in [-0.4, -0.2) is 34.5 Å². The van der Waals surface area contributed by atoms with E-state index in [2.05, 4.69) is 6.92 Å². The van der Waals surface area contributed by atoms with E-state index in [4.69, 9.17) is 0 Å². The van der Waals surface area contributed by atoms with Crippen molar-refractivity contribution in [1.82, 2.24) is 0 Å². The molecule has 0 aliphatic heterocycles. The molecule has 0 saturated heterocycles. The Bertz CT molecular complexity index is 403. The Morgan fingerprint density at radius 1 is 1.37 bits per heavy atom. The Morgan fingerprint density at radius 2 is 2.05 bits per heavy atom. The van der Waals surface area contributed by atoms with Gasteiger partial charge in [-0.25, -0.2) is 0 Å². The topological polar surface area (TPSA) is 77.8 Å². The lowest BCUT2D eigenvalue weighted by atomic mass is 9.48. The maximum absolute atomic E-state index is 11.7. The van der Waals surface area contributed by atoms with Gasteiger partial charge < -0.3 is 15.3 Å². The van der Waals surface area contributed by atoms with E-state index in [1.807, 2.05) is 13.0 Å². The quantitative estimate of drug-likeness (QED) is 0.682. The molecule has 2 rings (SSSR count). The number of carbonyl (C=O) groups is 1. The summed E-state index contributed by atoms with van der Waals surface area (Å²) in [7, 11) is 0. The molecule has 3 N–H and O–H groups in total. The van der Waals surface area contributed by atoms with E-state index < -0.39 is 11.4 Å². The number of aliphatic hydroxyl groups is 2. The van der Waals surface area contributed by atoms with E-state index in [0.29, 0.717) is 12.8 Å². The molecular formula is C15H24O4. The first-order valence-electron chi connectivity index (χ1n) is 7.04. The summed E-state index contributed by atoms with van der Waals surface area (Å²) >= 11 is 0. The van der Waals surface area contributed by atoms with Gasteiger partial charge in [0, 0.05) is 5.92 Å². The SMILES string of the molecule is CC1(C(=O)O)CCCC2(C)C(CO)C(CO)=CCC12. The maximum atomic E-state index is 11.7. The molecule has 4 heteroatoms. The molecule has 0 aromatic carbocycles. The minimum atomic E-state index is -0.735. The molecule has 2 aliphatic carbocycles. The van der Waals surface area contributed by atoms with Gasteiger partial charge in [-0.3, -0.25) is 4.79 Å². The first-order chi connectivity index (χ1) is 8.90. The molecule has 4 nitrogen and oxygen atoms in total. The van der Waals surface area contributed by atoms with Gasteiger partial charge in [0.1, 0.15) is 0 Å². The van der Waals surface area contributed by atoms with E-state index in [9.17, 15) is 20.1 Å². The molecule has 1 fully saturated rings. The minimum absolute atomic E-state index is 0.0188. The van der Waals surface area contributed by atoms with Crippen molar-refractivity contribution < 1.29 is 20.1 Å². The highest BCUT2D eigenvalue weighted by atomic mass is 16.4. The van der Waals surface area contributed by atoms with Crippen LogP contribution in [0.15, 0.2) is 11.6 Å². The van der Waals surface area contributed by atoms with Crippen molar-refractivity contribution >= 4 is 5.97 Å². The summed E-state index contributed by atoms with van der Waals surface area (Å²) in [5.74, 6) is -0.824. The van der Waals surface area contributed by atoms with Crippen LogP contribution in [0.2, 0.25) is 0 Å². The summed E-state index contributed by atoms with van der Waals surface area (Å²) in [5, 5.41) is 28.7. The van der Waals surface area contributed by atoms with Crippen LogP contribution < -0.4 is 0 Å². The lowest BCUT2D eigenvalue weighted by Crippen LogP contribution is -2.53. The van der Waals surface area contributed by atoms with Gasteiger partial charge in [-0.1, -0.05) is 19.4 Å². The summed E-state index contributed by atoms with van der Waals surface area (Å²) in [4.78, 5) is 11.7. The third-order valence-electron chi connectivity index (χ3n) is 5.69. The highest BCUT2D eigenvalue weighted by Gasteiger charge is 2.56. The Balaban J connectivity index is 2.45. The second-order valence-corrected chi connectivity index (χ2v) is 6.54. The molecule has 1 saturated carbocycles. The van der Waals surface area contributed by atoms with Gasteiger partial charge in [-0.15, -0.1) is 0 Å². The van der Waals surface area contributed by atoms with Gasteiger partial charge in [0.15, 0.2) is 0 Å². The Hall–Kier alpha value is -0.870. The fourth-order valence-corrected chi connectivity index (χ4v) is 4.45. The number of carboxylic acids is 1. The number of fused-ring (bicyclic) bond motifs is 1. The largest absolute Gasteiger partial charge is 0.481 e. The Morgan fingerprint density at radius 3 is 2.58 bits per heavy atom. The standard InChI is InChI=1S/C15H24O4/c1-14-6-3-7-15(2,13(18)19)12(14)5-4-10(8-16)11(14)9-17/h4,11-12,16-17H,3,5-9H2,1-2H3,(H,18,19). The van der Waals surface area contributed by atoms with Crippen LogP contribution in [0.4, 0.5) is 0 Å². The van der Waals surface area contributed by atoms with Crippen LogP contribution in [-0.2, 0) is 4.79 Å². The van der Waals surface area contributed by atoms with Crippen LogP contribution in [0.5, 0.6) is 0 Å². The van der Waals surface area contributed by atoms with Gasteiger partial charge in [-0.2, -0.15) is 0 Å². The first-order valence-corrected chi connectivity index (χ1v) is 7.04. The number of aliphatic carboxylic acids is 1. The Labute approximate surface area is 114 Å². The predicted molar refractivity (Wildman–Crippen MR) is 71.6 cm³/mol. The molecule has 19 heavy (non-hydrogen) atoms. The van der Waals surface area contributed by atoms with E-state index in [1.54, 1.807) is 0 Å². The van der Waals surface area contributed by atoms with Gasteiger partial charge in [-0.05, 0) is 43.1 Å². The highest BCUT2D eigenvalue weighted by Crippen LogP contribution is 2.59. The number of aliphatic hydroxyl groups excluding tert-OH is 2. The first kappa shape index (κ1) is 14.5. The number of hydrogen-bond donors (Lipinski definition) is 3. The number of rotatable bonds is 3. The summed E-state index contributed by atoms with van der Waals surface area (Å²) < 4.78 is 0. The fraction of sp³-hybridized carbons (Fsp3) is 0.800. The van der Waals surface area contributed by atoms with E-state index in [-0.39, 0.29) is 30.5 Å². The van der Waals surface area contributed by atoms with Crippen molar-refractivity contribution in [3.8, 4) is 0 Å². The predicted octanol–water partition coefficient (Wildman–Crippen LogP) is 1.81. The van der Waals surface area contributed by atoms with Gasteiger partial charge in [0.2, 0.25) is 0 Å². The number of allylic oxidation sites excluding steroid dienone is 1. The fourth-order valence-electron chi connectivity index (χ4n) is 4.45. The van der Waals surface area contributed by atoms with Crippen LogP contribution in [0, 0.1) is 22.7 Å². The smallest absolute Gasteiger partial charge is 0.309 e. The molecule has 0 aromatic rings. The summed E-state index contributed by atoms with van der Waals surface area (Å²) in [6, 6.07) is 0. The average Bonchev–Trinajstić information content (AvgIpc) is 2.36. The van der Waals surface area contributed by atoms with Crippen molar-refractivity contribution in [2.24, 2.45) is 22.7 Å². The summed E-state index contributed by atoms with van der Waals surface area (Å²) in [5.41, 5.74) is -0.0823. The molecule has 0 heterocycles. The number of carboxylic acid groups (broad SMARTS) is 1. The average molecular weight is 268 g/mol. The number of hydrogen-bond acceptors (Lipinski definition) is 3. The van der Waals surface area contributed by atoms with Crippen molar-refractivity contribution in [2.45, 2.75) is 39.5 Å². The monoisotopic (exact) mass is 268 g/mol. The van der Waals surface area contributed by atoms with Crippen molar-refractivity contribution in [2.75, 3.05) is 13.2 Å². The van der Waals surface area contributed by atoms with Crippen LogP contribution in [0.1, 0.15) is 39.5 Å². The zero-order chi connectivity index (χ0) is 14.3. The molecular weight excluding hydrogens is 244 g/mol. The maximum Gasteiger partial charge on any atom is 0.309 e. The molecule has 0 amide bonds. The highest BCUT2D eigenvalue weighted by molar-refractivity contribution is 5.75. The zero-order valence-corrected chi connectivity index (χ0v) is 11.7. The molecule has 0 bridgehead atoms. The van der Waals surface area contributed by atoms with Crippen LogP contribution in [0.3, 0.4) is 0 Å². The van der Waals surface area contributed by atoms with E-state index in [0.717, 1.165) is 18.4 Å². The molecule has 0 aromatic heterocycles. The Kier molecular flexibility index (Phi) is 3.76.